The molecule has 34 heavy (non-hydrogen) atoms. The summed E-state index contributed by atoms with van der Waals surface area (Å²) in [7, 11) is -3.67. The van der Waals surface area contributed by atoms with Crippen LogP contribution >= 0.6 is 0 Å². The lowest BCUT2D eigenvalue weighted by atomic mass is 10.1. The topological polar surface area (TPSA) is 57.6 Å². The first-order valence-electron chi connectivity index (χ1n) is 13.8. The minimum Gasteiger partial charge on any atom is -0.286 e. The van der Waals surface area contributed by atoms with Crippen LogP contribution in [0.25, 0.3) is 0 Å². The van der Waals surface area contributed by atoms with Crippen molar-refractivity contribution in [2.75, 3.05) is 19.3 Å². The molecule has 0 radical (unpaired) electrons. The molecule has 0 amide bonds. The lowest BCUT2D eigenvalue weighted by Crippen LogP contribution is -2.39. The van der Waals surface area contributed by atoms with Crippen molar-refractivity contribution in [1.29, 1.82) is 0 Å². The van der Waals surface area contributed by atoms with Gasteiger partial charge >= 0.3 is 6.30 Å². The molecule has 0 atom stereocenters. The zero-order valence-corrected chi connectivity index (χ0v) is 23.1. The van der Waals surface area contributed by atoms with Crippen molar-refractivity contribution in [2.24, 2.45) is 0 Å². The van der Waals surface area contributed by atoms with Crippen molar-refractivity contribution in [1.82, 2.24) is 4.90 Å². The summed E-state index contributed by atoms with van der Waals surface area (Å²) < 4.78 is 65.5. The number of rotatable bonds is 22. The van der Waals surface area contributed by atoms with Gasteiger partial charge in [0.1, 0.15) is 0 Å². The van der Waals surface area contributed by atoms with Gasteiger partial charge < -0.3 is 0 Å². The summed E-state index contributed by atoms with van der Waals surface area (Å²) in [6.07, 6.45) is 19.8. The highest BCUT2D eigenvalue weighted by Crippen LogP contribution is 2.23. The Morgan fingerprint density at radius 1 is 0.559 bits per heavy atom. The van der Waals surface area contributed by atoms with Gasteiger partial charge in [-0.25, -0.2) is 4.90 Å². The van der Waals surface area contributed by atoms with Crippen LogP contribution in [0.3, 0.4) is 0 Å². The minimum atomic E-state index is -4.17. The van der Waals surface area contributed by atoms with Gasteiger partial charge in [-0.2, -0.15) is 21.6 Å². The minimum absolute atomic E-state index is 0.178. The summed E-state index contributed by atoms with van der Waals surface area (Å²) in [4.78, 5) is 0.752. The van der Waals surface area contributed by atoms with Gasteiger partial charge in [-0.05, 0) is 12.8 Å². The molecule has 0 aromatic carbocycles. The molecule has 208 valence electrons. The fourth-order valence-electron chi connectivity index (χ4n) is 3.95. The third-order valence-corrected chi connectivity index (χ3v) is 5.92. The summed E-state index contributed by atoms with van der Waals surface area (Å²) in [6, 6.07) is 0. The lowest BCUT2D eigenvalue weighted by molar-refractivity contribution is -0.246. The maximum absolute atomic E-state index is 13.2. The molecule has 0 aliphatic heterocycles. The van der Waals surface area contributed by atoms with Crippen molar-refractivity contribution in [3.8, 4) is 0 Å². The molecule has 0 heterocycles. The zero-order valence-electron chi connectivity index (χ0n) is 22.3. The van der Waals surface area contributed by atoms with E-state index in [1.54, 1.807) is 0 Å². The molecule has 0 saturated carbocycles. The first-order valence-corrected chi connectivity index (χ1v) is 15.6. The first-order chi connectivity index (χ1) is 16.0. The standard InChI is InChI=1S/C25H50F3N.CH4O3S/c1-3-5-7-9-11-13-15-17-19-21-23-29(25(26,27)28)24-22-20-18-16-14-12-10-8-6-4-2;1-5(2,3)4/h3-24H2,1-2H3;1H3,(H,2,3,4). The van der Waals surface area contributed by atoms with Crippen LogP contribution in [0.15, 0.2) is 0 Å². The molecule has 0 spiro atoms. The molecular formula is C26H54F3NO3S. The Morgan fingerprint density at radius 3 is 0.971 bits per heavy atom. The van der Waals surface area contributed by atoms with E-state index in [-0.39, 0.29) is 13.1 Å². The second-order valence-corrected chi connectivity index (χ2v) is 11.0. The average Bonchev–Trinajstić information content (AvgIpc) is 2.72. The lowest BCUT2D eigenvalue weighted by Gasteiger charge is -2.24. The van der Waals surface area contributed by atoms with Crippen molar-refractivity contribution in [2.45, 2.75) is 149 Å². The Hall–Kier alpha value is -0.340. The SMILES string of the molecule is CCCCCCCCCCCCN(CCCCCCCCCCCC)C(F)(F)F.CS(=O)(=O)O. The summed E-state index contributed by atoms with van der Waals surface area (Å²) >= 11 is 0. The Balaban J connectivity index is 0. The Labute approximate surface area is 209 Å². The summed E-state index contributed by atoms with van der Waals surface area (Å²) in [6.45, 7) is 4.80. The van der Waals surface area contributed by atoms with Crippen LogP contribution in [0.4, 0.5) is 13.2 Å². The van der Waals surface area contributed by atoms with Gasteiger partial charge in [0.25, 0.3) is 10.1 Å². The number of unbranched alkanes of at least 4 members (excludes halogenated alkanes) is 18. The van der Waals surface area contributed by atoms with Crippen LogP contribution in [-0.2, 0) is 10.1 Å². The molecule has 8 heteroatoms. The fourth-order valence-corrected chi connectivity index (χ4v) is 3.95. The average molecular weight is 518 g/mol. The quantitative estimate of drug-likeness (QED) is 0.0883. The predicted octanol–water partition coefficient (Wildman–Crippen LogP) is 9.15. The van der Waals surface area contributed by atoms with Crippen molar-refractivity contribution < 1.29 is 26.1 Å². The molecule has 0 rings (SSSR count). The molecule has 0 aromatic heterocycles. The van der Waals surface area contributed by atoms with Crippen molar-refractivity contribution >= 4 is 10.1 Å². The largest absolute Gasteiger partial charge is 0.459 e. The van der Waals surface area contributed by atoms with Gasteiger partial charge in [-0.1, -0.05) is 129 Å². The number of halogens is 3. The van der Waals surface area contributed by atoms with Crippen LogP contribution in [-0.4, -0.2) is 43.5 Å². The van der Waals surface area contributed by atoms with Gasteiger partial charge in [-0.3, -0.25) is 4.55 Å². The Kier molecular flexibility index (Phi) is 25.7. The molecule has 0 fully saturated rings. The van der Waals surface area contributed by atoms with Crippen LogP contribution in [0, 0.1) is 0 Å². The van der Waals surface area contributed by atoms with Crippen molar-refractivity contribution in [3.63, 3.8) is 0 Å². The van der Waals surface area contributed by atoms with E-state index >= 15 is 0 Å². The predicted molar refractivity (Wildman–Crippen MR) is 139 cm³/mol. The molecule has 4 nitrogen and oxygen atoms in total. The highest BCUT2D eigenvalue weighted by Gasteiger charge is 2.35. The Morgan fingerprint density at radius 2 is 0.765 bits per heavy atom. The molecule has 0 saturated heterocycles. The summed E-state index contributed by atoms with van der Waals surface area (Å²) in [5, 5.41) is 0. The maximum Gasteiger partial charge on any atom is 0.459 e. The monoisotopic (exact) mass is 517 g/mol. The van der Waals surface area contributed by atoms with E-state index in [1.807, 2.05) is 0 Å². The van der Waals surface area contributed by atoms with E-state index in [0.717, 1.165) is 30.6 Å². The van der Waals surface area contributed by atoms with E-state index in [0.29, 0.717) is 19.1 Å². The van der Waals surface area contributed by atoms with Crippen molar-refractivity contribution in [3.05, 3.63) is 0 Å². The Bertz CT molecular complexity index is 482. The van der Waals surface area contributed by atoms with Gasteiger partial charge in [0, 0.05) is 13.1 Å². The van der Waals surface area contributed by atoms with E-state index in [1.165, 1.54) is 89.9 Å². The van der Waals surface area contributed by atoms with Crippen LogP contribution < -0.4 is 0 Å². The molecule has 0 aromatic rings. The zero-order chi connectivity index (χ0) is 26.1. The smallest absolute Gasteiger partial charge is 0.286 e. The van der Waals surface area contributed by atoms with E-state index in [4.69, 9.17) is 4.55 Å². The van der Waals surface area contributed by atoms with Crippen LogP contribution in [0.5, 0.6) is 0 Å². The van der Waals surface area contributed by atoms with Gasteiger partial charge in [0.15, 0.2) is 0 Å². The second-order valence-electron chi connectivity index (χ2n) is 9.55. The highest BCUT2D eigenvalue weighted by atomic mass is 32.2. The van der Waals surface area contributed by atoms with Crippen LogP contribution in [0.1, 0.15) is 142 Å². The molecule has 0 aliphatic carbocycles. The molecule has 1 N–H and O–H groups in total. The number of nitrogens with zero attached hydrogens (tertiary/aromatic N) is 1. The van der Waals surface area contributed by atoms with E-state index in [9.17, 15) is 21.6 Å². The molecule has 0 unspecified atom stereocenters. The van der Waals surface area contributed by atoms with Gasteiger partial charge in [0.05, 0.1) is 6.26 Å². The molecular weight excluding hydrogens is 463 g/mol. The van der Waals surface area contributed by atoms with Crippen LogP contribution in [0.2, 0.25) is 0 Å². The highest BCUT2D eigenvalue weighted by molar-refractivity contribution is 7.85. The number of hydrogen-bond donors (Lipinski definition) is 1. The maximum atomic E-state index is 13.2. The van der Waals surface area contributed by atoms with E-state index < -0.39 is 16.4 Å². The third-order valence-electron chi connectivity index (χ3n) is 5.92. The first kappa shape index (κ1) is 35.8. The molecule has 0 aliphatic rings. The van der Waals surface area contributed by atoms with Gasteiger partial charge in [-0.15, -0.1) is 0 Å². The second kappa shape index (κ2) is 24.4. The van der Waals surface area contributed by atoms with E-state index in [2.05, 4.69) is 13.8 Å². The summed E-state index contributed by atoms with van der Waals surface area (Å²) in [5.74, 6) is 0. The molecule has 0 bridgehead atoms. The third kappa shape index (κ3) is 33.8. The number of hydrogen-bond acceptors (Lipinski definition) is 3. The summed E-state index contributed by atoms with van der Waals surface area (Å²) in [5.41, 5.74) is 0. The number of alkyl halides is 3. The van der Waals surface area contributed by atoms with Gasteiger partial charge in [0.2, 0.25) is 0 Å². The normalized spacial score (nSPS) is 12.1. The fraction of sp³-hybridized carbons (Fsp3) is 1.00.